The highest BCUT2D eigenvalue weighted by molar-refractivity contribution is 7.91. The first-order chi connectivity index (χ1) is 8.57. The van der Waals surface area contributed by atoms with Gasteiger partial charge in [0.1, 0.15) is 5.92 Å². The molecule has 0 radical (unpaired) electrons. The molecular formula is C9H16F3N3O3S. The van der Waals surface area contributed by atoms with Gasteiger partial charge in [0.2, 0.25) is 0 Å². The van der Waals surface area contributed by atoms with E-state index < -0.39 is 40.4 Å². The van der Waals surface area contributed by atoms with E-state index in [1.54, 1.807) is 0 Å². The van der Waals surface area contributed by atoms with Gasteiger partial charge in [-0.3, -0.25) is 4.90 Å². The van der Waals surface area contributed by atoms with Gasteiger partial charge in [0.05, 0.1) is 11.5 Å². The number of rotatable bonds is 3. The molecule has 0 saturated carbocycles. The number of oxime groups is 1. The first kappa shape index (κ1) is 16.0. The van der Waals surface area contributed by atoms with E-state index in [4.69, 9.17) is 10.9 Å². The Hall–Kier alpha value is -1.03. The van der Waals surface area contributed by atoms with Crippen LogP contribution in [0.25, 0.3) is 0 Å². The molecule has 0 spiro atoms. The van der Waals surface area contributed by atoms with Gasteiger partial charge in [-0.1, -0.05) is 5.16 Å². The van der Waals surface area contributed by atoms with E-state index in [2.05, 4.69) is 5.16 Å². The lowest BCUT2D eigenvalue weighted by Crippen LogP contribution is -2.52. The van der Waals surface area contributed by atoms with Crippen LogP contribution in [-0.2, 0) is 9.84 Å². The lowest BCUT2D eigenvalue weighted by molar-refractivity contribution is -0.161. The van der Waals surface area contributed by atoms with Crippen LogP contribution in [0.3, 0.4) is 0 Å². The molecule has 0 bridgehead atoms. The van der Waals surface area contributed by atoms with E-state index in [1.807, 2.05) is 0 Å². The molecule has 0 aliphatic carbocycles. The van der Waals surface area contributed by atoms with Crippen LogP contribution in [0.15, 0.2) is 5.16 Å². The average Bonchev–Trinajstić information content (AvgIpc) is 2.24. The first-order valence-electron chi connectivity index (χ1n) is 5.55. The van der Waals surface area contributed by atoms with Crippen LogP contribution >= 0.6 is 0 Å². The van der Waals surface area contributed by atoms with Crippen LogP contribution in [0, 0.1) is 5.92 Å². The molecule has 2 atom stereocenters. The second-order valence-corrected chi connectivity index (χ2v) is 6.81. The van der Waals surface area contributed by atoms with E-state index in [0.717, 1.165) is 0 Å². The van der Waals surface area contributed by atoms with E-state index in [0.29, 0.717) is 0 Å². The van der Waals surface area contributed by atoms with Gasteiger partial charge in [-0.25, -0.2) is 8.42 Å². The Morgan fingerprint density at radius 1 is 1.58 bits per heavy atom. The Labute approximate surface area is 109 Å². The smallest absolute Gasteiger partial charge is 0.400 e. The van der Waals surface area contributed by atoms with E-state index in [-0.39, 0.29) is 18.1 Å². The maximum Gasteiger partial charge on any atom is 0.400 e. The third-order valence-electron chi connectivity index (χ3n) is 3.09. The number of hydrogen-bond donors (Lipinski definition) is 2. The second kappa shape index (κ2) is 5.53. The van der Waals surface area contributed by atoms with Gasteiger partial charge in [0.25, 0.3) is 0 Å². The van der Waals surface area contributed by atoms with E-state index in [1.165, 1.54) is 11.8 Å². The van der Waals surface area contributed by atoms with E-state index in [9.17, 15) is 21.6 Å². The molecule has 0 aromatic carbocycles. The Bertz CT molecular complexity index is 449. The van der Waals surface area contributed by atoms with Crippen LogP contribution in [0.4, 0.5) is 13.2 Å². The van der Waals surface area contributed by atoms with Crippen molar-refractivity contribution in [3.63, 3.8) is 0 Å². The summed E-state index contributed by atoms with van der Waals surface area (Å²) in [4.78, 5) is 1.39. The van der Waals surface area contributed by atoms with Crippen LogP contribution in [0.5, 0.6) is 0 Å². The highest BCUT2D eigenvalue weighted by atomic mass is 32.2. The first-order valence-corrected chi connectivity index (χ1v) is 7.37. The Morgan fingerprint density at radius 2 is 2.16 bits per heavy atom. The number of alkyl halides is 3. The van der Waals surface area contributed by atoms with Crippen LogP contribution < -0.4 is 5.73 Å². The average molecular weight is 303 g/mol. The summed E-state index contributed by atoms with van der Waals surface area (Å²) in [5, 5.41) is 10.8. The minimum absolute atomic E-state index is 0.00872. The van der Waals surface area contributed by atoms with E-state index >= 15 is 0 Å². The third kappa shape index (κ3) is 4.23. The molecule has 1 heterocycles. The summed E-state index contributed by atoms with van der Waals surface area (Å²) < 4.78 is 61.0. The van der Waals surface area contributed by atoms with Crippen molar-refractivity contribution in [2.24, 2.45) is 16.8 Å². The molecule has 0 aromatic rings. The Balaban J connectivity index is 2.82. The minimum atomic E-state index is -4.65. The number of nitrogens with two attached hydrogens (primary N) is 1. The molecule has 1 rings (SSSR count). The normalized spacial score (nSPS) is 27.2. The summed E-state index contributed by atoms with van der Waals surface area (Å²) in [5.41, 5.74) is 5.05. The van der Waals surface area contributed by atoms with Gasteiger partial charge in [-0.15, -0.1) is 0 Å². The molecule has 3 N–H and O–H groups in total. The molecular weight excluding hydrogens is 287 g/mol. The topological polar surface area (TPSA) is 96.0 Å². The molecule has 1 aliphatic rings. The summed E-state index contributed by atoms with van der Waals surface area (Å²) in [5.74, 6) is -3.40. The lowest BCUT2D eigenvalue weighted by atomic mass is 10.1. The summed E-state index contributed by atoms with van der Waals surface area (Å²) >= 11 is 0. The standard InChI is InChI=1S/C9H16F3N3O3S/c1-6-5-19(17,18)3-2-15(6)4-7(8(13)14-16)9(10,11)12/h6-7,16H,2-5H2,1H3,(H2,13,14). The summed E-state index contributed by atoms with van der Waals surface area (Å²) in [7, 11) is -3.20. The van der Waals surface area contributed by atoms with Gasteiger partial charge in [0.15, 0.2) is 15.7 Å². The summed E-state index contributed by atoms with van der Waals surface area (Å²) in [6, 6.07) is -0.532. The lowest BCUT2D eigenvalue weighted by Gasteiger charge is -2.35. The quantitative estimate of drug-likeness (QED) is 0.332. The molecule has 0 aromatic heterocycles. The molecule has 6 nitrogen and oxygen atoms in total. The Morgan fingerprint density at radius 3 is 2.58 bits per heavy atom. The van der Waals surface area contributed by atoms with Crippen molar-refractivity contribution in [3.8, 4) is 0 Å². The fourth-order valence-electron chi connectivity index (χ4n) is 1.97. The monoisotopic (exact) mass is 303 g/mol. The largest absolute Gasteiger partial charge is 0.409 e. The molecule has 19 heavy (non-hydrogen) atoms. The molecule has 2 unspecified atom stereocenters. The van der Waals surface area contributed by atoms with Gasteiger partial charge in [-0.05, 0) is 6.92 Å². The SMILES string of the molecule is CC1CS(=O)(=O)CCN1CC(C(N)=NO)C(F)(F)F. The predicted octanol–water partition coefficient (Wildman–Crippen LogP) is 0.0302. The Kier molecular flexibility index (Phi) is 4.67. The zero-order valence-electron chi connectivity index (χ0n) is 10.3. The minimum Gasteiger partial charge on any atom is -0.409 e. The second-order valence-electron chi connectivity index (χ2n) is 4.58. The molecule has 1 fully saturated rings. The van der Waals surface area contributed by atoms with Gasteiger partial charge in [0, 0.05) is 19.1 Å². The van der Waals surface area contributed by atoms with Crippen molar-refractivity contribution in [2.45, 2.75) is 19.1 Å². The van der Waals surface area contributed by atoms with Gasteiger partial charge in [-0.2, -0.15) is 13.2 Å². The van der Waals surface area contributed by atoms with Crippen molar-refractivity contribution in [2.75, 3.05) is 24.6 Å². The van der Waals surface area contributed by atoms with Crippen molar-refractivity contribution in [1.29, 1.82) is 0 Å². The van der Waals surface area contributed by atoms with Crippen LogP contribution in [0.2, 0.25) is 0 Å². The van der Waals surface area contributed by atoms with Gasteiger partial charge >= 0.3 is 6.18 Å². The van der Waals surface area contributed by atoms with Gasteiger partial charge < -0.3 is 10.9 Å². The van der Waals surface area contributed by atoms with Crippen molar-refractivity contribution in [1.82, 2.24) is 4.90 Å². The number of hydrogen-bond acceptors (Lipinski definition) is 5. The number of amidine groups is 1. The zero-order valence-corrected chi connectivity index (χ0v) is 11.1. The maximum atomic E-state index is 12.8. The highest BCUT2D eigenvalue weighted by Gasteiger charge is 2.45. The molecule has 1 saturated heterocycles. The number of halogens is 3. The fourth-order valence-corrected chi connectivity index (χ4v) is 3.60. The molecule has 112 valence electrons. The van der Waals surface area contributed by atoms with Crippen molar-refractivity contribution in [3.05, 3.63) is 0 Å². The summed E-state index contributed by atoms with van der Waals surface area (Å²) in [6.45, 7) is 1.03. The molecule has 0 amide bonds. The third-order valence-corrected chi connectivity index (χ3v) is 4.89. The van der Waals surface area contributed by atoms with Crippen LogP contribution in [0.1, 0.15) is 6.92 Å². The number of nitrogens with zero attached hydrogens (tertiary/aromatic N) is 2. The fraction of sp³-hybridized carbons (Fsp3) is 0.889. The zero-order chi connectivity index (χ0) is 14.8. The maximum absolute atomic E-state index is 12.8. The molecule has 1 aliphatic heterocycles. The predicted molar refractivity (Wildman–Crippen MR) is 62.6 cm³/mol. The van der Waals surface area contributed by atoms with Crippen LogP contribution in [-0.4, -0.2) is 61.2 Å². The van der Waals surface area contributed by atoms with Crippen molar-refractivity contribution < 1.29 is 26.8 Å². The molecule has 10 heteroatoms. The summed E-state index contributed by atoms with van der Waals surface area (Å²) in [6.07, 6.45) is -4.65. The van der Waals surface area contributed by atoms with Crippen molar-refractivity contribution >= 4 is 15.7 Å². The highest BCUT2D eigenvalue weighted by Crippen LogP contribution is 2.28. The number of sulfone groups is 1.